The highest BCUT2D eigenvalue weighted by molar-refractivity contribution is 6.32. The lowest BCUT2D eigenvalue weighted by atomic mass is 10.4. The molecule has 0 fully saturated rings. The minimum Gasteiger partial charge on any atom is -0.461 e. The molecule has 3 heterocycles. The van der Waals surface area contributed by atoms with Crippen LogP contribution in [0, 0.1) is 0 Å². The molecule has 13 heteroatoms. The van der Waals surface area contributed by atoms with Gasteiger partial charge in [-0.1, -0.05) is 11.6 Å². The largest absolute Gasteiger partial charge is 0.461 e. The summed E-state index contributed by atoms with van der Waals surface area (Å²) in [5.41, 5.74) is -0.189. The minimum atomic E-state index is -4.82. The summed E-state index contributed by atoms with van der Waals surface area (Å²) in [6.07, 6.45) is -3.43. The van der Waals surface area contributed by atoms with Crippen LogP contribution in [0.5, 0.6) is 0 Å². The first-order valence-electron chi connectivity index (χ1n) is 7.07. The van der Waals surface area contributed by atoms with Crippen molar-refractivity contribution in [2.24, 2.45) is 0 Å². The van der Waals surface area contributed by atoms with Gasteiger partial charge in [0.15, 0.2) is 17.3 Å². The number of carbonyl (C=O) groups excluding carboxylic acids is 1. The van der Waals surface area contributed by atoms with Crippen molar-refractivity contribution in [3.05, 3.63) is 40.9 Å². The van der Waals surface area contributed by atoms with Gasteiger partial charge >= 0.3 is 12.1 Å². The lowest BCUT2D eigenvalue weighted by molar-refractivity contribution is -0.146. The summed E-state index contributed by atoms with van der Waals surface area (Å²) in [5.74, 6) is -2.54. The van der Waals surface area contributed by atoms with Gasteiger partial charge in [-0.3, -0.25) is 0 Å². The Kier molecular flexibility index (Phi) is 4.59. The van der Waals surface area contributed by atoms with Crippen molar-refractivity contribution < 1.29 is 22.7 Å². The molecule has 3 rings (SSSR count). The fraction of sp³-hybridized carbons (Fsp3) is 0.231. The SMILES string of the molecule is CCOC(=O)c1cc(-n2nnnc2C(F)(F)F)nn1-c1ncccc1Cl. The molecule has 3 aromatic heterocycles. The van der Waals surface area contributed by atoms with Gasteiger partial charge in [0.2, 0.25) is 0 Å². The molecular weight excluding hydrogens is 379 g/mol. The van der Waals surface area contributed by atoms with E-state index in [4.69, 9.17) is 16.3 Å². The maximum atomic E-state index is 13.0. The van der Waals surface area contributed by atoms with E-state index in [1.165, 1.54) is 12.3 Å². The van der Waals surface area contributed by atoms with Gasteiger partial charge in [-0.25, -0.2) is 14.5 Å². The molecule has 3 aromatic rings. The van der Waals surface area contributed by atoms with Crippen LogP contribution < -0.4 is 0 Å². The van der Waals surface area contributed by atoms with Gasteiger partial charge in [-0.15, -0.1) is 10.2 Å². The molecule has 0 aliphatic heterocycles. The van der Waals surface area contributed by atoms with Crippen molar-refractivity contribution in [3.8, 4) is 11.6 Å². The van der Waals surface area contributed by atoms with Crippen LogP contribution in [0.4, 0.5) is 13.2 Å². The number of rotatable bonds is 4. The number of ether oxygens (including phenoxy) is 1. The number of tetrazole rings is 1. The average molecular weight is 388 g/mol. The Morgan fingerprint density at radius 3 is 2.77 bits per heavy atom. The summed E-state index contributed by atoms with van der Waals surface area (Å²) in [7, 11) is 0. The molecule has 0 N–H and O–H groups in total. The number of hydrogen-bond donors (Lipinski definition) is 0. The van der Waals surface area contributed by atoms with Crippen LogP contribution in [0.2, 0.25) is 5.02 Å². The molecule has 0 aliphatic rings. The first kappa shape index (κ1) is 17.8. The third-order valence-electron chi connectivity index (χ3n) is 3.06. The third-order valence-corrected chi connectivity index (χ3v) is 3.36. The molecule has 0 amide bonds. The van der Waals surface area contributed by atoms with Crippen molar-refractivity contribution in [1.82, 2.24) is 35.0 Å². The first-order valence-corrected chi connectivity index (χ1v) is 7.44. The molecule has 0 spiro atoms. The van der Waals surface area contributed by atoms with Crippen molar-refractivity contribution in [2.75, 3.05) is 6.61 Å². The lowest BCUT2D eigenvalue weighted by Gasteiger charge is -2.07. The Morgan fingerprint density at radius 2 is 2.12 bits per heavy atom. The number of esters is 1. The molecule has 26 heavy (non-hydrogen) atoms. The highest BCUT2D eigenvalue weighted by atomic mass is 35.5. The molecule has 0 unspecified atom stereocenters. The van der Waals surface area contributed by atoms with Crippen LogP contribution in [-0.4, -0.2) is 47.5 Å². The van der Waals surface area contributed by atoms with E-state index in [9.17, 15) is 18.0 Å². The van der Waals surface area contributed by atoms with Crippen LogP contribution in [0.15, 0.2) is 24.4 Å². The summed E-state index contributed by atoms with van der Waals surface area (Å²) >= 11 is 6.05. The van der Waals surface area contributed by atoms with Crippen LogP contribution >= 0.6 is 11.6 Å². The molecule has 0 bridgehead atoms. The number of halogens is 4. The first-order chi connectivity index (χ1) is 12.3. The van der Waals surface area contributed by atoms with Crippen LogP contribution in [0.3, 0.4) is 0 Å². The lowest BCUT2D eigenvalue weighted by Crippen LogP contribution is -2.15. The van der Waals surface area contributed by atoms with E-state index >= 15 is 0 Å². The molecule has 136 valence electrons. The van der Waals surface area contributed by atoms with Gasteiger partial charge < -0.3 is 4.74 Å². The monoisotopic (exact) mass is 387 g/mol. The van der Waals surface area contributed by atoms with Crippen molar-refractivity contribution in [1.29, 1.82) is 0 Å². The number of hydrogen-bond acceptors (Lipinski definition) is 7. The number of nitrogens with zero attached hydrogens (tertiary/aromatic N) is 7. The normalized spacial score (nSPS) is 11.6. The maximum absolute atomic E-state index is 13.0. The zero-order chi connectivity index (χ0) is 18.9. The fourth-order valence-corrected chi connectivity index (χ4v) is 2.24. The molecule has 0 radical (unpaired) electrons. The Morgan fingerprint density at radius 1 is 1.35 bits per heavy atom. The van der Waals surface area contributed by atoms with Crippen LogP contribution in [-0.2, 0) is 10.9 Å². The Balaban J connectivity index is 2.19. The van der Waals surface area contributed by atoms with Gasteiger partial charge in [0.1, 0.15) is 0 Å². The molecule has 0 aromatic carbocycles. The summed E-state index contributed by atoms with van der Waals surface area (Å²) in [5, 5.41) is 13.3. The van der Waals surface area contributed by atoms with E-state index in [1.54, 1.807) is 13.0 Å². The van der Waals surface area contributed by atoms with Gasteiger partial charge in [0.25, 0.3) is 5.82 Å². The van der Waals surface area contributed by atoms with E-state index in [1.807, 2.05) is 0 Å². The van der Waals surface area contributed by atoms with Crippen LogP contribution in [0.25, 0.3) is 11.6 Å². The van der Waals surface area contributed by atoms with Crippen molar-refractivity contribution in [3.63, 3.8) is 0 Å². The second kappa shape index (κ2) is 6.71. The Hall–Kier alpha value is -3.02. The molecule has 0 atom stereocenters. The Labute approximate surface area is 148 Å². The minimum absolute atomic E-state index is 0.0325. The van der Waals surface area contributed by atoms with Gasteiger partial charge in [-0.2, -0.15) is 17.9 Å². The van der Waals surface area contributed by atoms with Gasteiger partial charge in [0.05, 0.1) is 11.6 Å². The second-order valence-corrected chi connectivity index (χ2v) is 5.15. The van der Waals surface area contributed by atoms with Gasteiger partial charge in [-0.05, 0) is 29.5 Å². The van der Waals surface area contributed by atoms with Crippen molar-refractivity contribution in [2.45, 2.75) is 13.1 Å². The number of carbonyl (C=O) groups is 1. The maximum Gasteiger partial charge on any atom is 0.453 e. The van der Waals surface area contributed by atoms with E-state index in [0.717, 1.165) is 10.7 Å². The summed E-state index contributed by atoms with van der Waals surface area (Å²) < 4.78 is 45.3. The van der Waals surface area contributed by atoms with E-state index in [-0.39, 0.29) is 29.0 Å². The molecule has 9 nitrogen and oxygen atoms in total. The highest BCUT2D eigenvalue weighted by Crippen LogP contribution is 2.29. The fourth-order valence-electron chi connectivity index (χ4n) is 2.04. The molecular formula is C13H9ClF3N7O2. The number of pyridine rings is 1. The van der Waals surface area contributed by atoms with Gasteiger partial charge in [0, 0.05) is 12.3 Å². The Bertz CT molecular complexity index is 953. The standard InChI is InChI=1S/C13H9ClF3N7O2/c1-2-26-11(25)8-6-9(24-12(13(15,16)17)19-21-22-24)20-23(8)10-7(14)4-3-5-18-10/h3-6H,2H2,1H3. The smallest absolute Gasteiger partial charge is 0.453 e. The molecule has 0 saturated carbocycles. The summed E-state index contributed by atoms with van der Waals surface area (Å²) in [6.45, 7) is 1.63. The highest BCUT2D eigenvalue weighted by Gasteiger charge is 2.39. The summed E-state index contributed by atoms with van der Waals surface area (Å²) in [6, 6.07) is 4.08. The van der Waals surface area contributed by atoms with Crippen LogP contribution in [0.1, 0.15) is 23.2 Å². The number of alkyl halides is 3. The zero-order valence-electron chi connectivity index (χ0n) is 13.0. The van der Waals surface area contributed by atoms with E-state index < -0.39 is 18.0 Å². The second-order valence-electron chi connectivity index (χ2n) is 4.74. The molecule has 0 aliphatic carbocycles. The van der Waals surface area contributed by atoms with E-state index in [0.29, 0.717) is 4.68 Å². The summed E-state index contributed by atoms with van der Waals surface area (Å²) in [4.78, 5) is 16.2. The number of aromatic nitrogens is 7. The van der Waals surface area contributed by atoms with Crippen molar-refractivity contribution >= 4 is 17.6 Å². The third kappa shape index (κ3) is 3.22. The predicted molar refractivity (Wildman–Crippen MR) is 80.0 cm³/mol. The topological polar surface area (TPSA) is 101 Å². The predicted octanol–water partition coefficient (Wildman–Crippen LogP) is 2.09. The molecule has 0 saturated heterocycles. The zero-order valence-corrected chi connectivity index (χ0v) is 13.7. The average Bonchev–Trinajstić information content (AvgIpc) is 3.22. The quantitative estimate of drug-likeness (QED) is 0.632. The van der Waals surface area contributed by atoms with E-state index in [2.05, 4.69) is 25.6 Å².